The Labute approximate surface area is 123 Å². The molecule has 0 unspecified atom stereocenters. The van der Waals surface area contributed by atoms with Crippen LogP contribution in [0.1, 0.15) is 45.1 Å². The molecule has 0 saturated heterocycles. The van der Waals surface area contributed by atoms with Gasteiger partial charge in [0, 0.05) is 21.4 Å². The van der Waals surface area contributed by atoms with Gasteiger partial charge in [0.15, 0.2) is 0 Å². The fourth-order valence-corrected chi connectivity index (χ4v) is 3.49. The van der Waals surface area contributed by atoms with Crippen molar-refractivity contribution in [3.05, 3.63) is 50.7 Å². The molecule has 0 spiro atoms. The van der Waals surface area contributed by atoms with Crippen molar-refractivity contribution >= 4 is 17.1 Å². The number of carbonyl (C=O) groups excluding carboxylic acids is 1. The van der Waals surface area contributed by atoms with Crippen LogP contribution < -0.4 is 4.74 Å². The van der Waals surface area contributed by atoms with E-state index in [1.165, 1.54) is 10.4 Å². The summed E-state index contributed by atoms with van der Waals surface area (Å²) in [6.07, 6.45) is 0. The average Bonchev–Trinajstić information content (AvgIpc) is 2.90. The molecular formula is C17H18O2S. The van der Waals surface area contributed by atoms with Crippen LogP contribution in [0.4, 0.5) is 0 Å². The third-order valence-corrected chi connectivity index (χ3v) is 5.10. The maximum atomic E-state index is 12.6. The lowest BCUT2D eigenvalue weighted by molar-refractivity contribution is 0.104. The first kappa shape index (κ1) is 13.4. The number of aryl methyl sites for hydroxylation is 2. The van der Waals surface area contributed by atoms with Crippen LogP contribution in [0.2, 0.25) is 0 Å². The third-order valence-electron chi connectivity index (χ3n) is 3.95. The summed E-state index contributed by atoms with van der Waals surface area (Å²) >= 11 is 1.57. The lowest BCUT2D eigenvalue weighted by Gasteiger charge is -2.15. The standard InChI is InChI=1S/C17H18O2S/c1-10-7-15(20-11(10)2)16(18)12-5-6-14-13(8-12)17(3,4)9-19-14/h5-8H,9H2,1-4H3. The Morgan fingerprint density at radius 2 is 2.00 bits per heavy atom. The fraction of sp³-hybridized carbons (Fsp3) is 0.353. The summed E-state index contributed by atoms with van der Waals surface area (Å²) in [6.45, 7) is 9.06. The number of hydrogen-bond donors (Lipinski definition) is 0. The molecular weight excluding hydrogens is 268 g/mol. The van der Waals surface area contributed by atoms with Crippen molar-refractivity contribution in [2.75, 3.05) is 6.61 Å². The van der Waals surface area contributed by atoms with Crippen LogP contribution in [-0.4, -0.2) is 12.4 Å². The summed E-state index contributed by atoms with van der Waals surface area (Å²) < 4.78 is 5.67. The number of rotatable bonds is 2. The Balaban J connectivity index is 2.01. The van der Waals surface area contributed by atoms with E-state index in [2.05, 4.69) is 20.8 Å². The Morgan fingerprint density at radius 3 is 2.65 bits per heavy atom. The molecule has 0 atom stereocenters. The average molecular weight is 286 g/mol. The van der Waals surface area contributed by atoms with Crippen LogP contribution in [0.15, 0.2) is 24.3 Å². The molecule has 3 rings (SSSR count). The first-order chi connectivity index (χ1) is 9.38. The quantitative estimate of drug-likeness (QED) is 0.771. The van der Waals surface area contributed by atoms with Crippen molar-refractivity contribution in [1.29, 1.82) is 0 Å². The summed E-state index contributed by atoms with van der Waals surface area (Å²) in [6, 6.07) is 7.77. The topological polar surface area (TPSA) is 26.3 Å². The molecule has 2 nitrogen and oxygen atoms in total. The van der Waals surface area contributed by atoms with Crippen molar-refractivity contribution < 1.29 is 9.53 Å². The molecule has 1 aliphatic rings. The van der Waals surface area contributed by atoms with Gasteiger partial charge >= 0.3 is 0 Å². The lowest BCUT2D eigenvalue weighted by Crippen LogP contribution is -2.18. The number of hydrogen-bond acceptors (Lipinski definition) is 3. The van der Waals surface area contributed by atoms with Crippen LogP contribution in [0, 0.1) is 13.8 Å². The normalized spacial score (nSPS) is 15.8. The van der Waals surface area contributed by atoms with Gasteiger partial charge in [0.05, 0.1) is 11.5 Å². The second-order valence-corrected chi connectivity index (χ2v) is 7.32. The summed E-state index contributed by atoms with van der Waals surface area (Å²) in [4.78, 5) is 14.6. The third kappa shape index (κ3) is 2.06. The van der Waals surface area contributed by atoms with Crippen molar-refractivity contribution in [2.24, 2.45) is 0 Å². The summed E-state index contributed by atoms with van der Waals surface area (Å²) in [5.41, 5.74) is 3.05. The van der Waals surface area contributed by atoms with Crippen molar-refractivity contribution in [1.82, 2.24) is 0 Å². The molecule has 0 aliphatic carbocycles. The van der Waals surface area contributed by atoms with E-state index in [0.29, 0.717) is 6.61 Å². The monoisotopic (exact) mass is 286 g/mol. The van der Waals surface area contributed by atoms with Gasteiger partial charge in [-0.25, -0.2) is 0 Å². The summed E-state index contributed by atoms with van der Waals surface area (Å²) in [5, 5.41) is 0. The molecule has 1 aliphatic heterocycles. The van der Waals surface area contributed by atoms with Crippen molar-refractivity contribution in [3.8, 4) is 5.75 Å². The highest BCUT2D eigenvalue weighted by molar-refractivity contribution is 7.14. The Morgan fingerprint density at radius 1 is 1.25 bits per heavy atom. The van der Waals surface area contributed by atoms with E-state index in [4.69, 9.17) is 4.74 Å². The lowest BCUT2D eigenvalue weighted by atomic mass is 9.86. The van der Waals surface area contributed by atoms with E-state index in [1.54, 1.807) is 11.3 Å². The highest BCUT2D eigenvalue weighted by atomic mass is 32.1. The minimum Gasteiger partial charge on any atom is -0.492 e. The first-order valence-corrected chi connectivity index (χ1v) is 7.59. The van der Waals surface area contributed by atoms with Crippen molar-refractivity contribution in [3.63, 3.8) is 0 Å². The van der Waals surface area contributed by atoms with Gasteiger partial charge in [-0.3, -0.25) is 4.79 Å². The van der Waals surface area contributed by atoms with Crippen LogP contribution >= 0.6 is 11.3 Å². The Bertz CT molecular complexity index is 676. The Hall–Kier alpha value is -1.61. The number of carbonyl (C=O) groups is 1. The molecule has 20 heavy (non-hydrogen) atoms. The van der Waals surface area contributed by atoms with Gasteiger partial charge in [0.1, 0.15) is 5.75 Å². The van der Waals surface area contributed by atoms with Gasteiger partial charge in [-0.2, -0.15) is 0 Å². The summed E-state index contributed by atoms with van der Waals surface area (Å²) in [5.74, 6) is 1.02. The highest BCUT2D eigenvalue weighted by Crippen LogP contribution is 2.39. The molecule has 2 heterocycles. The van der Waals surface area contributed by atoms with E-state index in [0.717, 1.165) is 21.8 Å². The molecule has 1 aromatic carbocycles. The number of thiophene rings is 1. The van der Waals surface area contributed by atoms with Gasteiger partial charge in [-0.1, -0.05) is 13.8 Å². The molecule has 0 N–H and O–H groups in total. The van der Waals surface area contributed by atoms with Gasteiger partial charge in [-0.05, 0) is 43.7 Å². The van der Waals surface area contributed by atoms with Gasteiger partial charge in [-0.15, -0.1) is 11.3 Å². The van der Waals surface area contributed by atoms with E-state index in [-0.39, 0.29) is 11.2 Å². The number of benzene rings is 1. The second-order valence-electron chi connectivity index (χ2n) is 6.06. The van der Waals surface area contributed by atoms with Crippen LogP contribution in [-0.2, 0) is 5.41 Å². The molecule has 0 fully saturated rings. The predicted octanol–water partition coefficient (Wildman–Crippen LogP) is 4.27. The van der Waals surface area contributed by atoms with Gasteiger partial charge in [0.25, 0.3) is 0 Å². The number of fused-ring (bicyclic) bond motifs is 1. The zero-order valence-electron chi connectivity index (χ0n) is 12.2. The van der Waals surface area contributed by atoms with Crippen LogP contribution in [0.5, 0.6) is 5.75 Å². The van der Waals surface area contributed by atoms with Gasteiger partial charge < -0.3 is 4.74 Å². The number of ketones is 1. The molecule has 1 aromatic heterocycles. The van der Waals surface area contributed by atoms with Gasteiger partial charge in [0.2, 0.25) is 5.78 Å². The summed E-state index contributed by atoms with van der Waals surface area (Å²) in [7, 11) is 0. The van der Waals surface area contributed by atoms with Crippen LogP contribution in [0.3, 0.4) is 0 Å². The van der Waals surface area contributed by atoms with E-state index in [1.807, 2.05) is 31.2 Å². The van der Waals surface area contributed by atoms with E-state index in [9.17, 15) is 4.79 Å². The SMILES string of the molecule is Cc1cc(C(=O)c2ccc3c(c2)C(C)(C)CO3)sc1C. The highest BCUT2D eigenvalue weighted by Gasteiger charge is 2.32. The van der Waals surface area contributed by atoms with Crippen molar-refractivity contribution in [2.45, 2.75) is 33.1 Å². The Kier molecular flexibility index (Phi) is 2.98. The minimum absolute atomic E-state index is 0.0209. The molecule has 0 saturated carbocycles. The first-order valence-electron chi connectivity index (χ1n) is 6.77. The zero-order chi connectivity index (χ0) is 14.5. The number of ether oxygens (including phenoxy) is 1. The molecule has 3 heteroatoms. The minimum atomic E-state index is -0.0209. The molecule has 0 radical (unpaired) electrons. The van der Waals surface area contributed by atoms with E-state index >= 15 is 0 Å². The maximum absolute atomic E-state index is 12.6. The van der Waals surface area contributed by atoms with Crippen LogP contribution in [0.25, 0.3) is 0 Å². The fourth-order valence-electron chi connectivity index (χ4n) is 2.49. The smallest absolute Gasteiger partial charge is 0.202 e. The molecule has 0 amide bonds. The largest absolute Gasteiger partial charge is 0.492 e. The predicted molar refractivity (Wildman–Crippen MR) is 82.2 cm³/mol. The molecule has 104 valence electrons. The maximum Gasteiger partial charge on any atom is 0.202 e. The molecule has 0 bridgehead atoms. The second kappa shape index (κ2) is 4.45. The zero-order valence-corrected chi connectivity index (χ0v) is 13.1. The molecule has 2 aromatic rings. The van der Waals surface area contributed by atoms with E-state index < -0.39 is 0 Å².